The third-order valence-corrected chi connectivity index (χ3v) is 3.48. The summed E-state index contributed by atoms with van der Waals surface area (Å²) in [5.41, 5.74) is 5.93. The summed E-state index contributed by atoms with van der Waals surface area (Å²) >= 11 is 0. The fourth-order valence-corrected chi connectivity index (χ4v) is 2.00. The van der Waals surface area contributed by atoms with Crippen LogP contribution in [0.5, 0.6) is 0 Å². The SMILES string of the molecule is CCC(C)NC(N)=NCCN1CCOCC1(C)C. The van der Waals surface area contributed by atoms with Crippen LogP contribution in [0.4, 0.5) is 0 Å². The van der Waals surface area contributed by atoms with Crippen LogP contribution in [0.1, 0.15) is 34.1 Å². The van der Waals surface area contributed by atoms with E-state index >= 15 is 0 Å². The Kier molecular flexibility index (Phi) is 5.88. The Balaban J connectivity index is 2.33. The molecule has 0 aromatic carbocycles. The molecule has 106 valence electrons. The van der Waals surface area contributed by atoms with Gasteiger partial charge in [0.25, 0.3) is 0 Å². The van der Waals surface area contributed by atoms with Crippen LogP contribution in [0.3, 0.4) is 0 Å². The molecule has 5 nitrogen and oxygen atoms in total. The molecule has 0 aliphatic carbocycles. The zero-order chi connectivity index (χ0) is 13.6. The molecule has 1 atom stereocenters. The maximum absolute atomic E-state index is 5.83. The molecule has 0 radical (unpaired) electrons. The van der Waals surface area contributed by atoms with Gasteiger partial charge in [0.1, 0.15) is 0 Å². The highest BCUT2D eigenvalue weighted by Crippen LogP contribution is 2.17. The van der Waals surface area contributed by atoms with Crippen molar-refractivity contribution in [3.8, 4) is 0 Å². The van der Waals surface area contributed by atoms with Crippen LogP contribution in [0.2, 0.25) is 0 Å². The van der Waals surface area contributed by atoms with Crippen LogP contribution < -0.4 is 11.1 Å². The number of rotatable bonds is 5. The Morgan fingerprint density at radius 2 is 2.28 bits per heavy atom. The van der Waals surface area contributed by atoms with E-state index in [4.69, 9.17) is 10.5 Å². The van der Waals surface area contributed by atoms with Gasteiger partial charge in [0, 0.05) is 24.7 Å². The van der Waals surface area contributed by atoms with Gasteiger partial charge in [0.2, 0.25) is 0 Å². The maximum atomic E-state index is 5.83. The van der Waals surface area contributed by atoms with Crippen molar-refractivity contribution >= 4 is 5.96 Å². The van der Waals surface area contributed by atoms with Gasteiger partial charge in [-0.3, -0.25) is 9.89 Å². The number of hydrogen-bond acceptors (Lipinski definition) is 3. The molecule has 5 heteroatoms. The zero-order valence-electron chi connectivity index (χ0n) is 12.2. The van der Waals surface area contributed by atoms with Gasteiger partial charge in [-0.1, -0.05) is 6.92 Å². The minimum absolute atomic E-state index is 0.104. The second-order valence-electron chi connectivity index (χ2n) is 5.57. The zero-order valence-corrected chi connectivity index (χ0v) is 12.2. The molecule has 1 unspecified atom stereocenters. The van der Waals surface area contributed by atoms with Crippen LogP contribution >= 0.6 is 0 Å². The van der Waals surface area contributed by atoms with Crippen molar-refractivity contribution < 1.29 is 4.74 Å². The van der Waals surface area contributed by atoms with Crippen LogP contribution in [0.15, 0.2) is 4.99 Å². The van der Waals surface area contributed by atoms with Crippen molar-refractivity contribution in [3.05, 3.63) is 0 Å². The van der Waals surface area contributed by atoms with Crippen molar-refractivity contribution in [2.75, 3.05) is 32.8 Å². The summed E-state index contributed by atoms with van der Waals surface area (Å²) in [6.45, 7) is 12.9. The molecule has 1 fully saturated rings. The number of aliphatic imine (C=N–C) groups is 1. The Morgan fingerprint density at radius 1 is 1.56 bits per heavy atom. The third kappa shape index (κ3) is 4.82. The average molecular weight is 256 g/mol. The summed E-state index contributed by atoms with van der Waals surface area (Å²) in [6.07, 6.45) is 1.05. The summed E-state index contributed by atoms with van der Waals surface area (Å²) in [5.74, 6) is 0.551. The van der Waals surface area contributed by atoms with Gasteiger partial charge in [-0.2, -0.15) is 0 Å². The number of morpholine rings is 1. The fraction of sp³-hybridized carbons (Fsp3) is 0.923. The smallest absolute Gasteiger partial charge is 0.188 e. The van der Waals surface area contributed by atoms with Gasteiger partial charge in [-0.05, 0) is 27.2 Å². The molecule has 0 saturated carbocycles. The quantitative estimate of drug-likeness (QED) is 0.564. The minimum atomic E-state index is 0.104. The minimum Gasteiger partial charge on any atom is -0.378 e. The van der Waals surface area contributed by atoms with Gasteiger partial charge in [0.05, 0.1) is 19.8 Å². The Bertz CT molecular complexity index is 278. The summed E-state index contributed by atoms with van der Waals surface area (Å²) in [4.78, 5) is 6.79. The van der Waals surface area contributed by atoms with Gasteiger partial charge in [-0.25, -0.2) is 0 Å². The highest BCUT2D eigenvalue weighted by atomic mass is 16.5. The normalized spacial score (nSPS) is 22.8. The number of nitrogens with one attached hydrogen (secondary N) is 1. The van der Waals surface area contributed by atoms with Crippen molar-refractivity contribution in [2.45, 2.75) is 45.7 Å². The Labute approximate surface area is 111 Å². The summed E-state index contributed by atoms with van der Waals surface area (Å²) < 4.78 is 5.50. The number of hydrogen-bond donors (Lipinski definition) is 2. The molecule has 0 aromatic rings. The highest BCUT2D eigenvalue weighted by Gasteiger charge is 2.29. The number of guanidine groups is 1. The topological polar surface area (TPSA) is 62.9 Å². The van der Waals surface area contributed by atoms with E-state index in [0.717, 1.165) is 39.3 Å². The Morgan fingerprint density at radius 3 is 2.89 bits per heavy atom. The second kappa shape index (κ2) is 6.95. The predicted molar refractivity (Wildman–Crippen MR) is 75.8 cm³/mol. The fourth-order valence-electron chi connectivity index (χ4n) is 2.00. The second-order valence-corrected chi connectivity index (χ2v) is 5.57. The lowest BCUT2D eigenvalue weighted by Crippen LogP contribution is -2.53. The lowest BCUT2D eigenvalue weighted by molar-refractivity contribution is -0.0491. The first-order chi connectivity index (χ1) is 8.45. The molecular weight excluding hydrogens is 228 g/mol. The van der Waals surface area contributed by atoms with Gasteiger partial charge < -0.3 is 15.8 Å². The molecule has 3 N–H and O–H groups in total. The first-order valence-corrected chi connectivity index (χ1v) is 6.85. The molecule has 0 spiro atoms. The first kappa shape index (κ1) is 15.2. The molecule has 18 heavy (non-hydrogen) atoms. The Hall–Kier alpha value is -0.810. The molecule has 1 rings (SSSR count). The van der Waals surface area contributed by atoms with E-state index in [1.54, 1.807) is 0 Å². The van der Waals surface area contributed by atoms with Crippen molar-refractivity contribution in [1.29, 1.82) is 0 Å². The molecule has 1 saturated heterocycles. The van der Waals surface area contributed by atoms with E-state index < -0.39 is 0 Å². The monoisotopic (exact) mass is 256 g/mol. The van der Waals surface area contributed by atoms with Gasteiger partial charge in [0.15, 0.2) is 5.96 Å². The van der Waals surface area contributed by atoms with Crippen LogP contribution in [-0.4, -0.2) is 55.3 Å². The van der Waals surface area contributed by atoms with E-state index in [-0.39, 0.29) is 5.54 Å². The third-order valence-electron chi connectivity index (χ3n) is 3.48. The molecule has 0 bridgehead atoms. The number of ether oxygens (including phenoxy) is 1. The van der Waals surface area contributed by atoms with Crippen LogP contribution in [-0.2, 0) is 4.74 Å². The molecule has 1 aliphatic heterocycles. The highest BCUT2D eigenvalue weighted by molar-refractivity contribution is 5.78. The lowest BCUT2D eigenvalue weighted by Gasteiger charge is -2.41. The van der Waals surface area contributed by atoms with Crippen LogP contribution in [0, 0.1) is 0 Å². The van der Waals surface area contributed by atoms with Gasteiger partial charge >= 0.3 is 0 Å². The lowest BCUT2D eigenvalue weighted by atomic mass is 10.0. The van der Waals surface area contributed by atoms with E-state index in [2.05, 4.69) is 42.9 Å². The average Bonchev–Trinajstić information content (AvgIpc) is 2.31. The first-order valence-electron chi connectivity index (χ1n) is 6.85. The van der Waals surface area contributed by atoms with E-state index in [9.17, 15) is 0 Å². The van der Waals surface area contributed by atoms with E-state index in [1.165, 1.54) is 0 Å². The largest absolute Gasteiger partial charge is 0.378 e. The number of nitrogens with zero attached hydrogens (tertiary/aromatic N) is 2. The van der Waals surface area contributed by atoms with Crippen LogP contribution in [0.25, 0.3) is 0 Å². The molecule has 0 aromatic heterocycles. The maximum Gasteiger partial charge on any atom is 0.188 e. The van der Waals surface area contributed by atoms with Crippen molar-refractivity contribution in [1.82, 2.24) is 10.2 Å². The van der Waals surface area contributed by atoms with Crippen molar-refractivity contribution in [3.63, 3.8) is 0 Å². The molecule has 0 amide bonds. The van der Waals surface area contributed by atoms with E-state index in [1.807, 2.05) is 0 Å². The summed E-state index contributed by atoms with van der Waals surface area (Å²) in [7, 11) is 0. The predicted octanol–water partition coefficient (Wildman–Crippen LogP) is 0.800. The molecular formula is C13H28N4O. The molecule has 1 aliphatic rings. The summed E-state index contributed by atoms with van der Waals surface area (Å²) in [5, 5.41) is 3.17. The number of nitrogens with two attached hydrogens (primary N) is 1. The molecule has 1 heterocycles. The standard InChI is InChI=1S/C13H28N4O/c1-5-11(2)16-12(14)15-6-7-17-8-9-18-10-13(17,3)4/h11H,5-10H2,1-4H3,(H3,14,15,16). The summed E-state index contributed by atoms with van der Waals surface area (Å²) in [6, 6.07) is 0.383. The van der Waals surface area contributed by atoms with E-state index in [0.29, 0.717) is 12.0 Å². The van der Waals surface area contributed by atoms with Gasteiger partial charge in [-0.15, -0.1) is 0 Å². The van der Waals surface area contributed by atoms with Crippen molar-refractivity contribution in [2.24, 2.45) is 10.7 Å².